The molecule has 0 bridgehead atoms. The molecule has 2 aliphatic carbocycles. The minimum absolute atomic E-state index is 0.829. The summed E-state index contributed by atoms with van der Waals surface area (Å²) in [5, 5.41) is 0. The quantitative estimate of drug-likeness (QED) is 0.580. The van der Waals surface area contributed by atoms with Gasteiger partial charge in [0.05, 0.1) is 0 Å². The van der Waals surface area contributed by atoms with Crippen molar-refractivity contribution >= 4 is 0 Å². The first-order valence-corrected chi connectivity index (χ1v) is 5.24. The van der Waals surface area contributed by atoms with Crippen LogP contribution < -0.4 is 0 Å². The molecule has 2 rings (SSSR count). The third kappa shape index (κ3) is 1.48. The van der Waals surface area contributed by atoms with Gasteiger partial charge in [-0.1, -0.05) is 31.6 Å². The van der Waals surface area contributed by atoms with Crippen molar-refractivity contribution in [2.24, 2.45) is 11.8 Å². The van der Waals surface area contributed by atoms with Crippen LogP contribution >= 0.6 is 0 Å². The van der Waals surface area contributed by atoms with E-state index in [0.29, 0.717) is 0 Å². The molecule has 12 heavy (non-hydrogen) atoms. The van der Waals surface area contributed by atoms with Crippen LogP contribution in [0, 0.1) is 11.8 Å². The molecule has 0 amide bonds. The molecule has 0 aromatic rings. The van der Waals surface area contributed by atoms with Crippen LogP contribution in [0.15, 0.2) is 23.8 Å². The van der Waals surface area contributed by atoms with Crippen LogP contribution in [0.5, 0.6) is 0 Å². The van der Waals surface area contributed by atoms with E-state index in [4.69, 9.17) is 0 Å². The number of rotatable bonds is 2. The smallest absolute Gasteiger partial charge is 0.0165 e. The molecule has 1 unspecified atom stereocenters. The fraction of sp³-hybridized carbons (Fsp3) is 0.667. The molecule has 0 saturated heterocycles. The summed E-state index contributed by atoms with van der Waals surface area (Å²) in [5.41, 5.74) is 1.60. The van der Waals surface area contributed by atoms with Gasteiger partial charge in [0.1, 0.15) is 0 Å². The first-order chi connectivity index (χ1) is 5.88. The van der Waals surface area contributed by atoms with Crippen LogP contribution in [0.3, 0.4) is 0 Å². The molecular weight excluding hydrogens is 144 g/mol. The Morgan fingerprint density at radius 3 is 2.67 bits per heavy atom. The summed E-state index contributed by atoms with van der Waals surface area (Å²) in [6.07, 6.45) is 14.0. The van der Waals surface area contributed by atoms with Gasteiger partial charge in [-0.3, -0.25) is 0 Å². The van der Waals surface area contributed by atoms with E-state index in [2.05, 4.69) is 25.2 Å². The van der Waals surface area contributed by atoms with E-state index in [1.54, 1.807) is 5.57 Å². The lowest BCUT2D eigenvalue weighted by Gasteiger charge is -2.32. The van der Waals surface area contributed by atoms with Gasteiger partial charge in [-0.15, -0.1) is 0 Å². The second-order valence-corrected chi connectivity index (χ2v) is 4.16. The molecule has 2 aliphatic rings. The number of allylic oxidation sites excluding steroid dienone is 4. The van der Waals surface area contributed by atoms with E-state index < -0.39 is 0 Å². The van der Waals surface area contributed by atoms with Crippen molar-refractivity contribution in [2.45, 2.75) is 39.0 Å². The van der Waals surface area contributed by atoms with Gasteiger partial charge >= 0.3 is 0 Å². The molecule has 0 heteroatoms. The predicted octanol–water partition coefficient (Wildman–Crippen LogP) is 3.70. The topological polar surface area (TPSA) is 0 Å². The van der Waals surface area contributed by atoms with Crippen LogP contribution in [0.25, 0.3) is 0 Å². The summed E-state index contributed by atoms with van der Waals surface area (Å²) in [6.45, 7) is 2.39. The molecule has 0 nitrogen and oxygen atoms in total. The summed E-state index contributed by atoms with van der Waals surface area (Å²) in [4.78, 5) is 0. The molecule has 0 aromatic carbocycles. The third-order valence-electron chi connectivity index (χ3n) is 3.41. The van der Waals surface area contributed by atoms with Crippen molar-refractivity contribution < 1.29 is 0 Å². The third-order valence-corrected chi connectivity index (χ3v) is 3.41. The van der Waals surface area contributed by atoms with Gasteiger partial charge in [-0.25, -0.2) is 0 Å². The highest BCUT2D eigenvalue weighted by Crippen LogP contribution is 2.37. The normalized spacial score (nSPS) is 26.2. The molecule has 1 atom stereocenters. The van der Waals surface area contributed by atoms with Gasteiger partial charge in [0.25, 0.3) is 0 Å². The maximum absolute atomic E-state index is 2.43. The number of hydrogen-bond acceptors (Lipinski definition) is 0. The van der Waals surface area contributed by atoms with Crippen LogP contribution in [0.4, 0.5) is 0 Å². The second kappa shape index (κ2) is 3.47. The van der Waals surface area contributed by atoms with Crippen molar-refractivity contribution in [2.75, 3.05) is 0 Å². The van der Waals surface area contributed by atoms with Gasteiger partial charge in [-0.2, -0.15) is 0 Å². The average molecular weight is 162 g/mol. The highest BCUT2D eigenvalue weighted by Gasteiger charge is 2.25. The summed E-state index contributed by atoms with van der Waals surface area (Å²) in [7, 11) is 0. The average Bonchev–Trinajstić information content (AvgIpc) is 2.03. The fourth-order valence-corrected chi connectivity index (χ4v) is 2.18. The molecule has 0 aliphatic heterocycles. The molecule has 1 saturated carbocycles. The minimum atomic E-state index is 0.829. The maximum atomic E-state index is 2.43. The van der Waals surface area contributed by atoms with Crippen LogP contribution in [-0.2, 0) is 0 Å². The Morgan fingerprint density at radius 2 is 2.17 bits per heavy atom. The lowest BCUT2D eigenvalue weighted by atomic mass is 9.73. The molecule has 0 N–H and O–H groups in total. The molecular formula is C12H18. The van der Waals surface area contributed by atoms with Gasteiger partial charge in [-0.05, 0) is 43.1 Å². The van der Waals surface area contributed by atoms with Crippen LogP contribution in [-0.4, -0.2) is 0 Å². The fourth-order valence-electron chi connectivity index (χ4n) is 2.18. The zero-order chi connectivity index (χ0) is 8.39. The van der Waals surface area contributed by atoms with Crippen LogP contribution in [0.1, 0.15) is 39.0 Å². The first-order valence-electron chi connectivity index (χ1n) is 5.24. The SMILES string of the molecule is CC(C1=CCCC=C1)C1CCC1. The van der Waals surface area contributed by atoms with E-state index in [0.717, 1.165) is 11.8 Å². The molecule has 0 spiro atoms. The van der Waals surface area contributed by atoms with Gasteiger partial charge in [0.2, 0.25) is 0 Å². The second-order valence-electron chi connectivity index (χ2n) is 4.16. The van der Waals surface area contributed by atoms with E-state index >= 15 is 0 Å². The summed E-state index contributed by atoms with van der Waals surface area (Å²) < 4.78 is 0. The first kappa shape index (κ1) is 8.10. The largest absolute Gasteiger partial charge is 0.0840 e. The van der Waals surface area contributed by atoms with E-state index in [1.807, 2.05) is 0 Å². The van der Waals surface area contributed by atoms with Crippen molar-refractivity contribution in [3.8, 4) is 0 Å². The van der Waals surface area contributed by atoms with E-state index in [9.17, 15) is 0 Å². The van der Waals surface area contributed by atoms with Crippen molar-refractivity contribution in [3.63, 3.8) is 0 Å². The van der Waals surface area contributed by atoms with Gasteiger partial charge in [0.15, 0.2) is 0 Å². The Kier molecular flexibility index (Phi) is 2.34. The Labute approximate surface area is 75.4 Å². The molecule has 0 aromatic heterocycles. The summed E-state index contributed by atoms with van der Waals surface area (Å²) in [6, 6.07) is 0. The number of hydrogen-bond donors (Lipinski definition) is 0. The minimum Gasteiger partial charge on any atom is -0.0840 e. The van der Waals surface area contributed by atoms with Gasteiger partial charge in [0, 0.05) is 0 Å². The maximum Gasteiger partial charge on any atom is -0.0165 e. The predicted molar refractivity (Wildman–Crippen MR) is 53.0 cm³/mol. The van der Waals surface area contributed by atoms with E-state index in [-0.39, 0.29) is 0 Å². The standard InChI is InChI=1S/C12H18/c1-10(12-8-5-9-12)11-6-3-2-4-7-11/h3,6-7,10,12H,2,4-5,8-9H2,1H3. The zero-order valence-electron chi connectivity index (χ0n) is 7.92. The lowest BCUT2D eigenvalue weighted by molar-refractivity contribution is 0.248. The monoisotopic (exact) mass is 162 g/mol. The van der Waals surface area contributed by atoms with Crippen LogP contribution in [0.2, 0.25) is 0 Å². The molecule has 66 valence electrons. The van der Waals surface area contributed by atoms with Gasteiger partial charge < -0.3 is 0 Å². The molecule has 0 radical (unpaired) electrons. The lowest BCUT2D eigenvalue weighted by Crippen LogP contribution is -2.21. The zero-order valence-corrected chi connectivity index (χ0v) is 7.92. The Bertz CT molecular complexity index is 206. The molecule has 0 heterocycles. The van der Waals surface area contributed by atoms with E-state index in [1.165, 1.54) is 32.1 Å². The van der Waals surface area contributed by atoms with Crippen molar-refractivity contribution in [3.05, 3.63) is 23.8 Å². The summed E-state index contributed by atoms with van der Waals surface area (Å²) in [5.74, 6) is 1.83. The van der Waals surface area contributed by atoms with Crippen molar-refractivity contribution in [1.82, 2.24) is 0 Å². The Morgan fingerprint density at radius 1 is 1.33 bits per heavy atom. The highest BCUT2D eigenvalue weighted by molar-refractivity contribution is 5.25. The molecule has 1 fully saturated rings. The summed E-state index contributed by atoms with van der Waals surface area (Å²) >= 11 is 0. The Balaban J connectivity index is 1.97. The highest BCUT2D eigenvalue weighted by atomic mass is 14.3. The Hall–Kier alpha value is -0.520. The van der Waals surface area contributed by atoms with Crippen molar-refractivity contribution in [1.29, 1.82) is 0 Å².